The molecule has 7 nitrogen and oxygen atoms in total. The zero-order chi connectivity index (χ0) is 17.5. The highest BCUT2D eigenvalue weighted by Gasteiger charge is 2.18. The number of amides is 3. The maximum Gasteiger partial charge on any atom is 0.251 e. The van der Waals surface area contributed by atoms with E-state index < -0.39 is 0 Å². The summed E-state index contributed by atoms with van der Waals surface area (Å²) in [6, 6.07) is 5.40. The average molecular weight is 332 g/mol. The quantitative estimate of drug-likeness (QED) is 0.613. The van der Waals surface area contributed by atoms with Gasteiger partial charge in [-0.05, 0) is 43.5 Å². The van der Waals surface area contributed by atoms with Crippen molar-refractivity contribution < 1.29 is 14.4 Å². The average Bonchev–Trinajstić information content (AvgIpc) is 3.07. The largest absolute Gasteiger partial charge is 0.349 e. The highest BCUT2D eigenvalue weighted by Crippen LogP contribution is 2.20. The number of nitrogens with two attached hydrogens (primary N) is 1. The van der Waals surface area contributed by atoms with Gasteiger partial charge in [-0.3, -0.25) is 14.4 Å². The van der Waals surface area contributed by atoms with Crippen LogP contribution in [0.25, 0.3) is 0 Å². The van der Waals surface area contributed by atoms with Crippen LogP contribution in [0.1, 0.15) is 41.6 Å². The molecule has 2 rings (SSSR count). The number of anilines is 1. The molecule has 1 aromatic carbocycles. The Morgan fingerprint density at radius 2 is 1.88 bits per heavy atom. The van der Waals surface area contributed by atoms with E-state index in [-0.39, 0.29) is 36.9 Å². The van der Waals surface area contributed by atoms with Gasteiger partial charge < -0.3 is 21.7 Å². The van der Waals surface area contributed by atoms with Crippen molar-refractivity contribution in [3.8, 4) is 0 Å². The van der Waals surface area contributed by atoms with Crippen molar-refractivity contribution >= 4 is 23.4 Å². The van der Waals surface area contributed by atoms with Crippen LogP contribution in [0.2, 0.25) is 0 Å². The lowest BCUT2D eigenvalue weighted by atomic mass is 10.1. The van der Waals surface area contributed by atoms with Crippen molar-refractivity contribution in [2.75, 3.05) is 18.4 Å². The molecular formula is C17H24N4O3. The monoisotopic (exact) mass is 332 g/mol. The number of carbonyl (C=O) groups is 3. The predicted molar refractivity (Wildman–Crippen MR) is 91.6 cm³/mol. The Bertz CT molecular complexity index is 624. The fourth-order valence-electron chi connectivity index (χ4n) is 2.73. The normalized spacial score (nSPS) is 14.2. The zero-order valence-corrected chi connectivity index (χ0v) is 13.9. The molecule has 0 spiro atoms. The highest BCUT2D eigenvalue weighted by atomic mass is 16.2. The summed E-state index contributed by atoms with van der Waals surface area (Å²) in [6.45, 7) is 1.52. The Labute approximate surface area is 141 Å². The Morgan fingerprint density at radius 1 is 1.17 bits per heavy atom. The van der Waals surface area contributed by atoms with Crippen molar-refractivity contribution in [1.82, 2.24) is 10.6 Å². The summed E-state index contributed by atoms with van der Waals surface area (Å²) in [5.74, 6) is -0.818. The molecule has 0 aliphatic heterocycles. The van der Waals surface area contributed by atoms with E-state index >= 15 is 0 Å². The first-order chi connectivity index (χ1) is 11.5. The maximum absolute atomic E-state index is 12.2. The predicted octanol–water partition coefficient (Wildman–Crippen LogP) is 0.681. The van der Waals surface area contributed by atoms with Gasteiger partial charge in [0.2, 0.25) is 11.8 Å². The minimum atomic E-state index is -0.388. The van der Waals surface area contributed by atoms with Crippen molar-refractivity contribution in [3.05, 3.63) is 29.3 Å². The van der Waals surface area contributed by atoms with Gasteiger partial charge in [0.1, 0.15) is 0 Å². The van der Waals surface area contributed by atoms with Gasteiger partial charge in [-0.15, -0.1) is 0 Å². The molecule has 0 bridgehead atoms. The Hall–Kier alpha value is -2.41. The van der Waals surface area contributed by atoms with E-state index in [1.165, 1.54) is 0 Å². The fraction of sp³-hybridized carbons (Fsp3) is 0.471. The van der Waals surface area contributed by atoms with Gasteiger partial charge >= 0.3 is 0 Å². The molecule has 1 aromatic rings. The van der Waals surface area contributed by atoms with Crippen LogP contribution in [-0.2, 0) is 9.59 Å². The zero-order valence-electron chi connectivity index (χ0n) is 13.9. The Morgan fingerprint density at radius 3 is 2.50 bits per heavy atom. The Kier molecular flexibility index (Phi) is 6.31. The van der Waals surface area contributed by atoms with Crippen LogP contribution in [0, 0.1) is 6.92 Å². The molecule has 0 aromatic heterocycles. The van der Waals surface area contributed by atoms with Crippen molar-refractivity contribution in [2.24, 2.45) is 5.73 Å². The van der Waals surface area contributed by atoms with E-state index in [2.05, 4.69) is 16.0 Å². The topological polar surface area (TPSA) is 113 Å². The second-order valence-corrected chi connectivity index (χ2v) is 6.01. The summed E-state index contributed by atoms with van der Waals surface area (Å²) < 4.78 is 0. The third kappa shape index (κ3) is 5.06. The number of rotatable bonds is 6. The summed E-state index contributed by atoms with van der Waals surface area (Å²) in [6.07, 6.45) is 4.39. The van der Waals surface area contributed by atoms with E-state index in [1.807, 2.05) is 6.92 Å². The molecule has 0 radical (unpaired) electrons. The molecule has 130 valence electrons. The number of hydrogen-bond acceptors (Lipinski definition) is 4. The van der Waals surface area contributed by atoms with E-state index in [9.17, 15) is 14.4 Å². The van der Waals surface area contributed by atoms with Crippen LogP contribution >= 0.6 is 0 Å². The second-order valence-electron chi connectivity index (χ2n) is 6.01. The molecule has 1 aliphatic rings. The van der Waals surface area contributed by atoms with Gasteiger partial charge in [-0.2, -0.15) is 0 Å². The van der Waals surface area contributed by atoms with E-state index in [4.69, 9.17) is 5.73 Å². The Balaban J connectivity index is 1.92. The number of carbonyl (C=O) groups excluding carboxylic acids is 3. The van der Waals surface area contributed by atoms with Gasteiger partial charge in [-0.25, -0.2) is 0 Å². The SMILES string of the molecule is Cc1cc(C(=O)NC2CCCC2)ccc1NC(=O)CNC(=O)CN. The third-order valence-corrected chi connectivity index (χ3v) is 4.08. The van der Waals surface area contributed by atoms with E-state index in [1.54, 1.807) is 18.2 Å². The number of aryl methyl sites for hydroxylation is 1. The van der Waals surface area contributed by atoms with Gasteiger partial charge in [-0.1, -0.05) is 12.8 Å². The molecule has 1 saturated carbocycles. The summed E-state index contributed by atoms with van der Waals surface area (Å²) in [4.78, 5) is 35.1. The van der Waals surface area contributed by atoms with Crippen LogP contribution in [0.3, 0.4) is 0 Å². The molecule has 5 N–H and O–H groups in total. The van der Waals surface area contributed by atoms with Crippen LogP contribution in [0.4, 0.5) is 5.69 Å². The first-order valence-corrected chi connectivity index (χ1v) is 8.17. The van der Waals surface area contributed by atoms with Crippen molar-refractivity contribution in [1.29, 1.82) is 0 Å². The van der Waals surface area contributed by atoms with Crippen LogP contribution in [0.5, 0.6) is 0 Å². The molecule has 1 fully saturated rings. The number of benzene rings is 1. The second kappa shape index (κ2) is 8.44. The molecular weight excluding hydrogens is 308 g/mol. The fourth-order valence-corrected chi connectivity index (χ4v) is 2.73. The molecule has 3 amide bonds. The van der Waals surface area contributed by atoms with Crippen molar-refractivity contribution in [2.45, 2.75) is 38.6 Å². The van der Waals surface area contributed by atoms with Crippen LogP contribution in [0.15, 0.2) is 18.2 Å². The first-order valence-electron chi connectivity index (χ1n) is 8.17. The summed E-state index contributed by atoms with van der Waals surface area (Å²) in [5, 5.41) is 8.14. The molecule has 0 heterocycles. The minimum absolute atomic E-state index is 0.0851. The van der Waals surface area contributed by atoms with E-state index in [0.29, 0.717) is 11.3 Å². The van der Waals surface area contributed by atoms with Gasteiger partial charge in [0.05, 0.1) is 13.1 Å². The molecule has 7 heteroatoms. The lowest BCUT2D eigenvalue weighted by molar-refractivity contribution is -0.123. The molecule has 0 saturated heterocycles. The van der Waals surface area contributed by atoms with Crippen molar-refractivity contribution in [3.63, 3.8) is 0 Å². The number of nitrogens with one attached hydrogen (secondary N) is 3. The van der Waals surface area contributed by atoms with Crippen LogP contribution < -0.4 is 21.7 Å². The first kappa shape index (κ1) is 17.9. The maximum atomic E-state index is 12.2. The summed E-state index contributed by atoms with van der Waals surface area (Å²) in [7, 11) is 0. The molecule has 1 aliphatic carbocycles. The molecule has 0 atom stereocenters. The van der Waals surface area contributed by atoms with Gasteiger partial charge in [0, 0.05) is 17.3 Å². The minimum Gasteiger partial charge on any atom is -0.349 e. The molecule has 0 unspecified atom stereocenters. The lowest BCUT2D eigenvalue weighted by Crippen LogP contribution is -2.36. The summed E-state index contributed by atoms with van der Waals surface area (Å²) >= 11 is 0. The third-order valence-electron chi connectivity index (χ3n) is 4.08. The van der Waals surface area contributed by atoms with Crippen LogP contribution in [-0.4, -0.2) is 36.9 Å². The van der Waals surface area contributed by atoms with Gasteiger partial charge in [0.15, 0.2) is 0 Å². The number of hydrogen-bond donors (Lipinski definition) is 4. The van der Waals surface area contributed by atoms with E-state index in [0.717, 1.165) is 31.2 Å². The molecule has 24 heavy (non-hydrogen) atoms. The van der Waals surface area contributed by atoms with Gasteiger partial charge in [0.25, 0.3) is 5.91 Å². The smallest absolute Gasteiger partial charge is 0.251 e. The highest BCUT2D eigenvalue weighted by molar-refractivity contribution is 5.98. The standard InChI is InChI=1S/C17H24N4O3/c1-11-8-12(17(24)20-13-4-2-3-5-13)6-7-14(11)21-16(23)10-19-15(22)9-18/h6-8,13H,2-5,9-10,18H2,1H3,(H,19,22)(H,20,24)(H,21,23). The lowest BCUT2D eigenvalue weighted by Gasteiger charge is -2.14. The summed E-state index contributed by atoms with van der Waals surface area (Å²) in [5.41, 5.74) is 7.13.